The maximum absolute atomic E-state index is 6.10. The van der Waals surface area contributed by atoms with Crippen molar-refractivity contribution in [2.45, 2.75) is 25.4 Å². The smallest absolute Gasteiger partial charge is 0.0624 e. The van der Waals surface area contributed by atoms with Gasteiger partial charge in [0, 0.05) is 29.8 Å². The lowest BCUT2D eigenvalue weighted by molar-refractivity contribution is 0.116. The van der Waals surface area contributed by atoms with E-state index in [-0.39, 0.29) is 11.5 Å². The second-order valence-corrected chi connectivity index (χ2v) is 6.36. The van der Waals surface area contributed by atoms with Crippen molar-refractivity contribution in [1.29, 1.82) is 0 Å². The van der Waals surface area contributed by atoms with Crippen molar-refractivity contribution in [3.8, 4) is 0 Å². The van der Waals surface area contributed by atoms with E-state index in [0.29, 0.717) is 0 Å². The van der Waals surface area contributed by atoms with Gasteiger partial charge in [0.25, 0.3) is 0 Å². The molecule has 0 aromatic rings. The Morgan fingerprint density at radius 3 is 2.93 bits per heavy atom. The minimum atomic E-state index is 0.155. The largest absolute Gasteiger partial charge is 0.379 e. The highest BCUT2D eigenvalue weighted by atomic mass is 32.2. The number of hydrogen-bond acceptors (Lipinski definition) is 4. The molecule has 15 heavy (non-hydrogen) atoms. The van der Waals surface area contributed by atoms with Crippen LogP contribution in [-0.4, -0.2) is 55.3 Å². The average molecular weight is 230 g/mol. The van der Waals surface area contributed by atoms with Crippen molar-refractivity contribution < 1.29 is 4.74 Å². The van der Waals surface area contributed by atoms with Crippen LogP contribution in [0, 0.1) is 5.41 Å². The Bertz CT molecular complexity index is 221. The molecular formula is C11H22N2OS. The Labute approximate surface area is 96.7 Å². The molecule has 2 rings (SSSR count). The fraction of sp³-hybridized carbons (Fsp3) is 1.00. The maximum atomic E-state index is 6.10. The topological polar surface area (TPSA) is 38.5 Å². The fourth-order valence-corrected chi connectivity index (χ4v) is 3.76. The number of nitrogens with zero attached hydrogens (tertiary/aromatic N) is 1. The summed E-state index contributed by atoms with van der Waals surface area (Å²) < 4.78 is 5.48. The van der Waals surface area contributed by atoms with Gasteiger partial charge >= 0.3 is 0 Å². The third-order valence-corrected chi connectivity index (χ3v) is 4.91. The molecule has 4 heteroatoms. The van der Waals surface area contributed by atoms with E-state index < -0.39 is 0 Å². The van der Waals surface area contributed by atoms with Crippen LogP contribution in [0.4, 0.5) is 0 Å². The standard InChI is InChI=1S/C11H22N2OS/c1-11(8-14-5-10(11)12)7-13(2)9-3-4-15-6-9/h9-10H,3-8,12H2,1-2H3. The minimum absolute atomic E-state index is 0.155. The highest BCUT2D eigenvalue weighted by molar-refractivity contribution is 7.99. The molecule has 2 saturated heterocycles. The molecule has 3 unspecified atom stereocenters. The molecule has 0 aliphatic carbocycles. The highest BCUT2D eigenvalue weighted by Gasteiger charge is 2.39. The van der Waals surface area contributed by atoms with Crippen LogP contribution in [0.2, 0.25) is 0 Å². The Morgan fingerprint density at radius 1 is 1.60 bits per heavy atom. The number of nitrogens with two attached hydrogens (primary N) is 1. The zero-order chi connectivity index (χ0) is 10.9. The number of hydrogen-bond donors (Lipinski definition) is 1. The predicted octanol–water partition coefficient (Wildman–Crippen LogP) is 0.788. The summed E-state index contributed by atoms with van der Waals surface area (Å²) in [4.78, 5) is 2.48. The Kier molecular flexibility index (Phi) is 3.60. The van der Waals surface area contributed by atoms with Crippen LogP contribution in [0.15, 0.2) is 0 Å². The third kappa shape index (κ3) is 2.49. The van der Waals surface area contributed by atoms with Crippen LogP contribution in [0.1, 0.15) is 13.3 Å². The lowest BCUT2D eigenvalue weighted by atomic mass is 9.85. The van der Waals surface area contributed by atoms with Crippen LogP contribution in [-0.2, 0) is 4.74 Å². The van der Waals surface area contributed by atoms with Crippen molar-refractivity contribution in [3.05, 3.63) is 0 Å². The molecule has 0 saturated carbocycles. The first-order valence-corrected chi connectivity index (χ1v) is 6.88. The second kappa shape index (κ2) is 4.62. The molecule has 0 bridgehead atoms. The van der Waals surface area contributed by atoms with Gasteiger partial charge in [-0.1, -0.05) is 6.92 Å². The molecule has 0 radical (unpaired) electrons. The molecule has 88 valence electrons. The molecule has 0 spiro atoms. The summed E-state index contributed by atoms with van der Waals surface area (Å²) in [6.45, 7) is 4.87. The van der Waals surface area contributed by atoms with E-state index in [1.807, 2.05) is 0 Å². The van der Waals surface area contributed by atoms with E-state index >= 15 is 0 Å². The van der Waals surface area contributed by atoms with Gasteiger partial charge < -0.3 is 15.4 Å². The van der Waals surface area contributed by atoms with Crippen molar-refractivity contribution in [2.24, 2.45) is 11.1 Å². The van der Waals surface area contributed by atoms with Crippen LogP contribution >= 0.6 is 11.8 Å². The SMILES string of the molecule is CN(CC1(C)COCC1N)C1CCSC1. The van der Waals surface area contributed by atoms with Gasteiger partial charge in [-0.25, -0.2) is 0 Å². The lowest BCUT2D eigenvalue weighted by Gasteiger charge is -2.34. The van der Waals surface area contributed by atoms with Crippen molar-refractivity contribution in [3.63, 3.8) is 0 Å². The van der Waals surface area contributed by atoms with Gasteiger partial charge in [0.2, 0.25) is 0 Å². The van der Waals surface area contributed by atoms with Gasteiger partial charge in [0.1, 0.15) is 0 Å². The van der Waals surface area contributed by atoms with E-state index in [1.54, 1.807) is 0 Å². The molecular weight excluding hydrogens is 208 g/mol. The molecule has 0 aromatic heterocycles. The zero-order valence-corrected chi connectivity index (χ0v) is 10.6. The molecule has 2 N–H and O–H groups in total. The quantitative estimate of drug-likeness (QED) is 0.778. The maximum Gasteiger partial charge on any atom is 0.0624 e. The Morgan fingerprint density at radius 2 is 2.40 bits per heavy atom. The lowest BCUT2D eigenvalue weighted by Crippen LogP contribution is -2.48. The highest BCUT2D eigenvalue weighted by Crippen LogP contribution is 2.30. The van der Waals surface area contributed by atoms with Crippen LogP contribution < -0.4 is 5.73 Å². The first-order valence-electron chi connectivity index (χ1n) is 5.73. The van der Waals surface area contributed by atoms with Gasteiger partial charge in [-0.3, -0.25) is 0 Å². The summed E-state index contributed by atoms with van der Waals surface area (Å²) >= 11 is 2.06. The summed E-state index contributed by atoms with van der Waals surface area (Å²) in [5.41, 5.74) is 6.26. The first-order chi connectivity index (χ1) is 7.12. The molecule has 2 heterocycles. The van der Waals surface area contributed by atoms with Crippen LogP contribution in [0.25, 0.3) is 0 Å². The Balaban J connectivity index is 1.89. The van der Waals surface area contributed by atoms with Crippen molar-refractivity contribution in [1.82, 2.24) is 4.90 Å². The van der Waals surface area contributed by atoms with E-state index in [4.69, 9.17) is 10.5 Å². The van der Waals surface area contributed by atoms with E-state index in [2.05, 4.69) is 30.6 Å². The second-order valence-electron chi connectivity index (χ2n) is 5.21. The molecule has 2 aliphatic heterocycles. The number of rotatable bonds is 3. The summed E-state index contributed by atoms with van der Waals surface area (Å²) in [6, 6.07) is 0.952. The van der Waals surface area contributed by atoms with Gasteiger partial charge in [0.05, 0.1) is 13.2 Å². The van der Waals surface area contributed by atoms with E-state index in [9.17, 15) is 0 Å². The molecule has 3 nitrogen and oxygen atoms in total. The number of ether oxygens (including phenoxy) is 1. The molecule has 2 fully saturated rings. The molecule has 0 amide bonds. The molecule has 2 aliphatic rings. The van der Waals surface area contributed by atoms with Gasteiger partial charge in [-0.05, 0) is 19.2 Å². The predicted molar refractivity (Wildman–Crippen MR) is 65.3 cm³/mol. The first kappa shape index (κ1) is 11.7. The summed E-state index contributed by atoms with van der Waals surface area (Å²) in [6.07, 6.45) is 1.33. The fourth-order valence-electron chi connectivity index (χ4n) is 2.46. The average Bonchev–Trinajstić information content (AvgIpc) is 2.78. The van der Waals surface area contributed by atoms with Gasteiger partial charge in [-0.2, -0.15) is 11.8 Å². The monoisotopic (exact) mass is 230 g/mol. The summed E-state index contributed by atoms with van der Waals surface area (Å²) in [7, 11) is 2.23. The number of thioether (sulfide) groups is 1. The summed E-state index contributed by atoms with van der Waals surface area (Å²) in [5.74, 6) is 2.59. The molecule has 3 atom stereocenters. The van der Waals surface area contributed by atoms with Gasteiger partial charge in [0.15, 0.2) is 0 Å². The van der Waals surface area contributed by atoms with Crippen LogP contribution in [0.5, 0.6) is 0 Å². The van der Waals surface area contributed by atoms with Gasteiger partial charge in [-0.15, -0.1) is 0 Å². The Hall–Kier alpha value is 0.230. The third-order valence-electron chi connectivity index (χ3n) is 3.76. The normalized spacial score (nSPS) is 41.6. The molecule has 0 aromatic carbocycles. The minimum Gasteiger partial charge on any atom is -0.379 e. The van der Waals surface area contributed by atoms with Crippen molar-refractivity contribution >= 4 is 11.8 Å². The van der Waals surface area contributed by atoms with E-state index in [0.717, 1.165) is 25.8 Å². The zero-order valence-electron chi connectivity index (χ0n) is 9.74. The van der Waals surface area contributed by atoms with E-state index in [1.165, 1.54) is 17.9 Å². The van der Waals surface area contributed by atoms with Crippen LogP contribution in [0.3, 0.4) is 0 Å². The van der Waals surface area contributed by atoms with Crippen molar-refractivity contribution in [2.75, 3.05) is 38.3 Å². The summed E-state index contributed by atoms with van der Waals surface area (Å²) in [5, 5.41) is 0.